The molecule has 1 atom stereocenters. The molecule has 1 aromatic carbocycles. The van der Waals surface area contributed by atoms with E-state index in [0.29, 0.717) is 13.1 Å². The van der Waals surface area contributed by atoms with Crippen LogP contribution in [0.25, 0.3) is 0 Å². The number of benzene rings is 1. The van der Waals surface area contributed by atoms with Crippen LogP contribution in [0.3, 0.4) is 0 Å². The van der Waals surface area contributed by atoms with Gasteiger partial charge in [-0.15, -0.1) is 11.3 Å². The van der Waals surface area contributed by atoms with Gasteiger partial charge in [-0.2, -0.15) is 0 Å². The van der Waals surface area contributed by atoms with E-state index in [2.05, 4.69) is 24.3 Å². The Kier molecular flexibility index (Phi) is 5.30. The van der Waals surface area contributed by atoms with E-state index < -0.39 is 0 Å². The summed E-state index contributed by atoms with van der Waals surface area (Å²) in [6, 6.07) is 14.2. The molecule has 142 valence electrons. The second-order valence-corrected chi connectivity index (χ2v) is 8.67. The number of likely N-dealkylation sites (tertiary alicyclic amines) is 2. The molecular weight excluding hydrogens is 356 g/mol. The Morgan fingerprint density at radius 3 is 2.70 bits per heavy atom. The quantitative estimate of drug-likeness (QED) is 0.788. The van der Waals surface area contributed by atoms with Crippen LogP contribution in [0.1, 0.15) is 40.9 Å². The molecule has 1 aromatic heterocycles. The van der Waals surface area contributed by atoms with E-state index in [1.54, 1.807) is 0 Å². The molecule has 3 heterocycles. The van der Waals surface area contributed by atoms with E-state index in [4.69, 9.17) is 0 Å². The van der Waals surface area contributed by atoms with Crippen LogP contribution in [0.5, 0.6) is 0 Å². The van der Waals surface area contributed by atoms with Gasteiger partial charge in [0, 0.05) is 26.2 Å². The number of hydrogen-bond donors (Lipinski definition) is 0. The summed E-state index contributed by atoms with van der Waals surface area (Å²) < 4.78 is 0. The summed E-state index contributed by atoms with van der Waals surface area (Å²) >= 11 is 1.48. The van der Waals surface area contributed by atoms with Gasteiger partial charge in [0.15, 0.2) is 0 Å². The fraction of sp³-hybridized carbons (Fsp3) is 0.455. The number of hydrogen-bond acceptors (Lipinski definition) is 3. The van der Waals surface area contributed by atoms with Crippen LogP contribution in [0.4, 0.5) is 0 Å². The Labute approximate surface area is 164 Å². The van der Waals surface area contributed by atoms with E-state index in [0.717, 1.165) is 50.1 Å². The Bertz CT molecular complexity index is 790. The second-order valence-electron chi connectivity index (χ2n) is 7.72. The minimum atomic E-state index is -0.349. The largest absolute Gasteiger partial charge is 0.342 e. The van der Waals surface area contributed by atoms with Gasteiger partial charge in [0.1, 0.15) is 0 Å². The van der Waals surface area contributed by atoms with Gasteiger partial charge in [0.2, 0.25) is 5.91 Å². The van der Waals surface area contributed by atoms with Crippen molar-refractivity contribution in [2.75, 3.05) is 26.2 Å². The zero-order valence-electron chi connectivity index (χ0n) is 15.6. The first-order chi connectivity index (χ1) is 13.2. The Morgan fingerprint density at radius 2 is 1.93 bits per heavy atom. The molecule has 4 nitrogen and oxygen atoms in total. The number of carbonyl (C=O) groups excluding carboxylic acids is 2. The average molecular weight is 383 g/mol. The van der Waals surface area contributed by atoms with Crippen LogP contribution in [-0.4, -0.2) is 47.8 Å². The molecule has 0 saturated carbocycles. The predicted molar refractivity (Wildman–Crippen MR) is 108 cm³/mol. The van der Waals surface area contributed by atoms with Gasteiger partial charge in [-0.1, -0.05) is 36.4 Å². The first kappa shape index (κ1) is 18.2. The van der Waals surface area contributed by atoms with Gasteiger partial charge in [0.05, 0.1) is 10.3 Å². The number of aryl methyl sites for hydroxylation is 1. The van der Waals surface area contributed by atoms with Gasteiger partial charge in [-0.25, -0.2) is 0 Å². The maximum absolute atomic E-state index is 13.2. The number of amides is 2. The smallest absolute Gasteiger partial charge is 0.263 e. The molecule has 1 spiro atoms. The monoisotopic (exact) mass is 382 g/mol. The van der Waals surface area contributed by atoms with Crippen molar-refractivity contribution in [2.24, 2.45) is 5.41 Å². The van der Waals surface area contributed by atoms with Gasteiger partial charge in [-0.3, -0.25) is 9.59 Å². The number of rotatable bonds is 5. The lowest BCUT2D eigenvalue weighted by molar-refractivity contribution is -0.145. The summed E-state index contributed by atoms with van der Waals surface area (Å²) in [5.41, 5.74) is 0.975. The lowest BCUT2D eigenvalue weighted by Crippen LogP contribution is -2.50. The molecule has 0 unspecified atom stereocenters. The van der Waals surface area contributed by atoms with Gasteiger partial charge in [0.25, 0.3) is 5.91 Å². The fourth-order valence-corrected chi connectivity index (χ4v) is 5.16. The number of carbonyl (C=O) groups is 2. The third kappa shape index (κ3) is 3.79. The molecule has 2 aliphatic heterocycles. The third-order valence-electron chi connectivity index (χ3n) is 5.93. The molecule has 5 heteroatoms. The molecule has 27 heavy (non-hydrogen) atoms. The average Bonchev–Trinajstić information content (AvgIpc) is 3.37. The zero-order valence-corrected chi connectivity index (χ0v) is 16.4. The summed E-state index contributed by atoms with van der Waals surface area (Å²) in [4.78, 5) is 30.6. The van der Waals surface area contributed by atoms with E-state index in [1.807, 2.05) is 33.4 Å². The van der Waals surface area contributed by atoms with Crippen molar-refractivity contribution < 1.29 is 9.59 Å². The van der Waals surface area contributed by atoms with Gasteiger partial charge >= 0.3 is 0 Å². The van der Waals surface area contributed by atoms with Crippen LogP contribution in [0.2, 0.25) is 0 Å². The van der Waals surface area contributed by atoms with Crippen LogP contribution in [0, 0.1) is 5.41 Å². The van der Waals surface area contributed by atoms with Crippen molar-refractivity contribution in [3.63, 3.8) is 0 Å². The first-order valence-electron chi connectivity index (χ1n) is 9.84. The van der Waals surface area contributed by atoms with Crippen LogP contribution in [0.15, 0.2) is 47.8 Å². The highest BCUT2D eigenvalue weighted by Crippen LogP contribution is 2.40. The number of piperidine rings is 1. The van der Waals surface area contributed by atoms with Crippen LogP contribution in [-0.2, 0) is 11.2 Å². The molecule has 0 radical (unpaired) electrons. The summed E-state index contributed by atoms with van der Waals surface area (Å²) in [7, 11) is 0. The molecule has 2 saturated heterocycles. The molecule has 4 rings (SSSR count). The summed E-state index contributed by atoms with van der Waals surface area (Å²) in [5, 5.41) is 1.93. The zero-order chi connectivity index (χ0) is 18.7. The molecule has 0 aliphatic carbocycles. The molecule has 0 N–H and O–H groups in total. The number of thiophene rings is 1. The Hall–Kier alpha value is -2.14. The molecule has 2 fully saturated rings. The van der Waals surface area contributed by atoms with E-state index in [9.17, 15) is 9.59 Å². The van der Waals surface area contributed by atoms with Crippen molar-refractivity contribution in [2.45, 2.75) is 32.1 Å². The molecule has 2 amide bonds. The summed E-state index contributed by atoms with van der Waals surface area (Å²) in [6.45, 7) is 2.95. The van der Waals surface area contributed by atoms with Gasteiger partial charge in [-0.05, 0) is 49.1 Å². The number of nitrogens with zero attached hydrogens (tertiary/aromatic N) is 2. The Morgan fingerprint density at radius 1 is 1.07 bits per heavy atom. The first-order valence-corrected chi connectivity index (χ1v) is 10.7. The topological polar surface area (TPSA) is 40.6 Å². The normalized spacial score (nSPS) is 22.6. The van der Waals surface area contributed by atoms with Crippen LogP contribution < -0.4 is 0 Å². The highest BCUT2D eigenvalue weighted by molar-refractivity contribution is 7.12. The molecular formula is C22H26N2O2S. The lowest BCUT2D eigenvalue weighted by atomic mass is 9.78. The van der Waals surface area contributed by atoms with Crippen molar-refractivity contribution in [1.29, 1.82) is 0 Å². The lowest BCUT2D eigenvalue weighted by Gasteiger charge is -2.39. The van der Waals surface area contributed by atoms with Crippen molar-refractivity contribution in [3.8, 4) is 0 Å². The highest BCUT2D eigenvalue weighted by atomic mass is 32.1. The van der Waals surface area contributed by atoms with Crippen molar-refractivity contribution >= 4 is 23.2 Å². The SMILES string of the molecule is O=C(c1cccs1)N1CC[C@]2(CCCN(CCCc3ccccc3)C2=O)C1. The van der Waals surface area contributed by atoms with E-state index in [1.165, 1.54) is 16.9 Å². The van der Waals surface area contributed by atoms with Gasteiger partial charge < -0.3 is 9.80 Å². The van der Waals surface area contributed by atoms with Crippen molar-refractivity contribution in [1.82, 2.24) is 9.80 Å². The Balaban J connectivity index is 1.36. The van der Waals surface area contributed by atoms with Crippen LogP contribution >= 0.6 is 11.3 Å². The molecule has 2 aromatic rings. The minimum absolute atomic E-state index is 0.0795. The maximum atomic E-state index is 13.2. The van der Waals surface area contributed by atoms with Crippen molar-refractivity contribution in [3.05, 3.63) is 58.3 Å². The molecule has 0 bridgehead atoms. The van der Waals surface area contributed by atoms with E-state index in [-0.39, 0.29) is 17.2 Å². The highest BCUT2D eigenvalue weighted by Gasteiger charge is 2.49. The minimum Gasteiger partial charge on any atom is -0.342 e. The summed E-state index contributed by atoms with van der Waals surface area (Å²) in [6.07, 6.45) is 4.75. The molecule has 2 aliphatic rings. The summed E-state index contributed by atoms with van der Waals surface area (Å²) in [5.74, 6) is 0.346. The third-order valence-corrected chi connectivity index (χ3v) is 6.79. The fourth-order valence-electron chi connectivity index (χ4n) is 4.46. The maximum Gasteiger partial charge on any atom is 0.263 e. The standard InChI is InChI=1S/C22H26N2O2S/c25-20(19-10-5-16-27-19)24-15-12-22(17-24)11-6-14-23(21(22)26)13-4-9-18-7-2-1-3-8-18/h1-3,5,7-8,10,16H,4,6,9,11-15,17H2/t22-/m1/s1. The predicted octanol–water partition coefficient (Wildman–Crippen LogP) is 3.84. The second kappa shape index (κ2) is 7.85. The van der Waals surface area contributed by atoms with E-state index >= 15 is 0 Å².